The van der Waals surface area contributed by atoms with Crippen molar-refractivity contribution in [3.05, 3.63) is 71.3 Å². The zero-order valence-corrected chi connectivity index (χ0v) is 10.2. The van der Waals surface area contributed by atoms with Crippen molar-refractivity contribution in [3.63, 3.8) is 0 Å². The Bertz CT molecular complexity index is 523. The van der Waals surface area contributed by atoms with E-state index in [0.29, 0.717) is 12.1 Å². The van der Waals surface area contributed by atoms with Crippen molar-refractivity contribution in [2.75, 3.05) is 0 Å². The summed E-state index contributed by atoms with van der Waals surface area (Å²) in [5.74, 6) is -0.357. The molecule has 0 spiro atoms. The molecule has 0 aliphatic heterocycles. The second-order valence-corrected chi connectivity index (χ2v) is 4.01. The number of carbonyl (C=O) groups is 1. The number of nitrogens with one attached hydrogen (secondary N) is 1. The van der Waals surface area contributed by atoms with Crippen molar-refractivity contribution < 1.29 is 9.63 Å². The van der Waals surface area contributed by atoms with Crippen LogP contribution in [0.25, 0.3) is 0 Å². The van der Waals surface area contributed by atoms with Gasteiger partial charge in [-0.25, -0.2) is 0 Å². The molecule has 3 heteroatoms. The molecule has 0 aliphatic carbocycles. The molecule has 0 aromatic heterocycles. The van der Waals surface area contributed by atoms with E-state index in [2.05, 4.69) is 5.48 Å². The first-order valence-corrected chi connectivity index (χ1v) is 5.81. The molecule has 0 saturated carbocycles. The summed E-state index contributed by atoms with van der Waals surface area (Å²) in [7, 11) is 0. The summed E-state index contributed by atoms with van der Waals surface area (Å²) in [6, 6.07) is 17.1. The van der Waals surface area contributed by atoms with E-state index in [4.69, 9.17) is 4.84 Å². The molecule has 0 amide bonds. The van der Waals surface area contributed by atoms with Gasteiger partial charge in [-0.3, -0.25) is 0 Å². The largest absolute Gasteiger partial charge is 0.631 e. The second kappa shape index (κ2) is 5.98. The lowest BCUT2D eigenvalue weighted by Gasteiger charge is -1.98. The lowest BCUT2D eigenvalue weighted by atomic mass is 10.1. The lowest BCUT2D eigenvalue weighted by molar-refractivity contribution is 0.0236. The van der Waals surface area contributed by atoms with Gasteiger partial charge in [-0.05, 0) is 29.6 Å². The summed E-state index contributed by atoms with van der Waals surface area (Å²) in [6.45, 7) is 2.38. The molecule has 3 nitrogen and oxygen atoms in total. The summed E-state index contributed by atoms with van der Waals surface area (Å²) in [5.41, 5.74) is 5.23. The lowest BCUT2D eigenvalue weighted by Crippen LogP contribution is -2.20. The summed E-state index contributed by atoms with van der Waals surface area (Å²) < 4.78 is 0. The van der Waals surface area contributed by atoms with Gasteiger partial charge in [-0.1, -0.05) is 48.5 Å². The minimum atomic E-state index is -0.357. The quantitative estimate of drug-likeness (QED) is 0.661. The minimum absolute atomic E-state index is 0.357. The predicted molar refractivity (Wildman–Crippen MR) is 69.9 cm³/mol. The predicted octanol–water partition coefficient (Wildman–Crippen LogP) is 2.86. The normalized spacial score (nSPS) is 10.1. The SMILES string of the molecule is Cc1ccccc1C(=[O+])ONCc1ccccc1. The fourth-order valence-electron chi connectivity index (χ4n) is 1.64. The number of rotatable bonds is 4. The van der Waals surface area contributed by atoms with E-state index in [1.807, 2.05) is 55.5 Å². The van der Waals surface area contributed by atoms with Gasteiger partial charge in [0, 0.05) is 0 Å². The third-order valence-corrected chi connectivity index (χ3v) is 2.65. The second-order valence-electron chi connectivity index (χ2n) is 4.01. The molecule has 0 saturated heterocycles. The maximum atomic E-state index is 11.8. The highest BCUT2D eigenvalue weighted by Crippen LogP contribution is 2.08. The Morgan fingerprint density at radius 1 is 1.06 bits per heavy atom. The van der Waals surface area contributed by atoms with Gasteiger partial charge in [0.05, 0.1) is 11.3 Å². The van der Waals surface area contributed by atoms with Crippen LogP contribution in [0, 0.1) is 6.92 Å². The van der Waals surface area contributed by atoms with Crippen molar-refractivity contribution >= 4 is 5.97 Å². The summed E-state index contributed by atoms with van der Waals surface area (Å²) >= 11 is 0. The number of hydroxylamine groups is 1. The maximum Gasteiger partial charge on any atom is 0.631 e. The molecule has 2 aromatic carbocycles. The van der Waals surface area contributed by atoms with Gasteiger partial charge >= 0.3 is 5.97 Å². The maximum absolute atomic E-state index is 11.8. The Balaban J connectivity index is 1.88. The first-order valence-electron chi connectivity index (χ1n) is 5.81. The van der Waals surface area contributed by atoms with Gasteiger partial charge in [0.1, 0.15) is 5.56 Å². The molecule has 0 unspecified atom stereocenters. The fourth-order valence-corrected chi connectivity index (χ4v) is 1.64. The molecule has 2 rings (SSSR count). The van der Waals surface area contributed by atoms with Crippen molar-refractivity contribution in [3.8, 4) is 0 Å². The van der Waals surface area contributed by atoms with Crippen LogP contribution in [0.5, 0.6) is 0 Å². The van der Waals surface area contributed by atoms with E-state index < -0.39 is 0 Å². The third-order valence-electron chi connectivity index (χ3n) is 2.65. The zero-order chi connectivity index (χ0) is 12.8. The van der Waals surface area contributed by atoms with Crippen LogP contribution in [0.3, 0.4) is 0 Å². The van der Waals surface area contributed by atoms with Crippen molar-refractivity contribution in [1.29, 1.82) is 0 Å². The van der Waals surface area contributed by atoms with Crippen LogP contribution in [0.2, 0.25) is 0 Å². The summed E-state index contributed by atoms with van der Waals surface area (Å²) in [4.78, 5) is 16.8. The van der Waals surface area contributed by atoms with Crippen LogP contribution in [0.4, 0.5) is 0 Å². The highest BCUT2D eigenvalue weighted by molar-refractivity contribution is 5.90. The van der Waals surface area contributed by atoms with Crippen LogP contribution in [-0.2, 0) is 11.4 Å². The standard InChI is InChI=1S/C15H15NO2/c1-12-7-5-6-10-14(12)15(17)18-16-11-13-8-3-2-4-9-13/h2-10,16H,11H2,1H3/q+1. The van der Waals surface area contributed by atoms with Crippen molar-refractivity contribution in [2.45, 2.75) is 13.5 Å². The zero-order valence-electron chi connectivity index (χ0n) is 10.2. The molecular weight excluding hydrogens is 226 g/mol. The first-order chi connectivity index (χ1) is 8.77. The molecule has 1 N–H and O–H groups in total. The molecule has 91 valence electrons. The van der Waals surface area contributed by atoms with E-state index in [0.717, 1.165) is 11.1 Å². The smallest absolute Gasteiger partial charge is 0.195 e. The number of hydrogen-bond acceptors (Lipinski definition) is 3. The number of hydrogen-bond donors (Lipinski definition) is 1. The van der Waals surface area contributed by atoms with Crippen LogP contribution in [0.15, 0.2) is 54.6 Å². The van der Waals surface area contributed by atoms with E-state index >= 15 is 0 Å². The van der Waals surface area contributed by atoms with Crippen LogP contribution in [-0.4, -0.2) is 5.97 Å². The Kier molecular flexibility index (Phi) is 4.10. The van der Waals surface area contributed by atoms with E-state index in [9.17, 15) is 4.79 Å². The van der Waals surface area contributed by atoms with E-state index in [1.54, 1.807) is 6.07 Å². The van der Waals surface area contributed by atoms with Gasteiger partial charge in [0.25, 0.3) is 0 Å². The molecule has 18 heavy (non-hydrogen) atoms. The monoisotopic (exact) mass is 241 g/mol. The Hall–Kier alpha value is -2.13. The average molecular weight is 241 g/mol. The van der Waals surface area contributed by atoms with E-state index in [1.165, 1.54) is 0 Å². The summed E-state index contributed by atoms with van der Waals surface area (Å²) in [5, 5.41) is 0. The fraction of sp³-hybridized carbons (Fsp3) is 0.133. The molecule has 2 aromatic rings. The average Bonchev–Trinajstić information content (AvgIpc) is 2.40. The Morgan fingerprint density at radius 2 is 1.72 bits per heavy atom. The highest BCUT2D eigenvalue weighted by Gasteiger charge is 2.23. The Labute approximate surface area is 106 Å². The number of carbonyl (C=O) groups excluding carboxylic acids is 1. The topological polar surface area (TPSA) is 41.2 Å². The van der Waals surface area contributed by atoms with Gasteiger partial charge < -0.3 is 0 Å². The van der Waals surface area contributed by atoms with Gasteiger partial charge in [-0.2, -0.15) is 4.84 Å². The highest BCUT2D eigenvalue weighted by atomic mass is 16.7. The molecule has 0 heterocycles. The van der Waals surface area contributed by atoms with Crippen LogP contribution in [0.1, 0.15) is 21.5 Å². The van der Waals surface area contributed by atoms with Crippen LogP contribution < -0.4 is 5.48 Å². The van der Waals surface area contributed by atoms with Gasteiger partial charge in [-0.15, -0.1) is 0 Å². The molecule has 1 radical (unpaired) electrons. The van der Waals surface area contributed by atoms with E-state index in [-0.39, 0.29) is 5.97 Å². The molecular formula is C15H15NO2+. The first kappa shape index (κ1) is 12.3. The van der Waals surface area contributed by atoms with Gasteiger partial charge in [0.15, 0.2) is 0 Å². The summed E-state index contributed by atoms with van der Waals surface area (Å²) in [6.07, 6.45) is 0. The molecule has 0 atom stereocenters. The Morgan fingerprint density at radius 3 is 2.44 bits per heavy atom. The molecule has 0 bridgehead atoms. The van der Waals surface area contributed by atoms with Crippen molar-refractivity contribution in [2.24, 2.45) is 0 Å². The third kappa shape index (κ3) is 3.18. The number of aryl methyl sites for hydroxylation is 1. The van der Waals surface area contributed by atoms with Crippen LogP contribution >= 0.6 is 0 Å². The number of benzene rings is 2. The molecule has 0 fully saturated rings. The molecule has 0 aliphatic rings. The van der Waals surface area contributed by atoms with Crippen molar-refractivity contribution in [1.82, 2.24) is 5.48 Å². The minimum Gasteiger partial charge on any atom is -0.195 e. The van der Waals surface area contributed by atoms with Gasteiger partial charge in [0.2, 0.25) is 0 Å².